The summed E-state index contributed by atoms with van der Waals surface area (Å²) in [5, 5.41) is 0. The van der Waals surface area contributed by atoms with E-state index in [-0.39, 0.29) is 0 Å². The summed E-state index contributed by atoms with van der Waals surface area (Å²) in [6.07, 6.45) is 0.750. The second-order valence-corrected chi connectivity index (χ2v) is 1.07. The molecule has 0 atom stereocenters. The van der Waals surface area contributed by atoms with Crippen LogP contribution in [0.15, 0.2) is 0 Å². The lowest BCUT2D eigenvalue weighted by Gasteiger charge is -1.93. The molecule has 0 aliphatic rings. The molecular formula is C4H12N2O. The first-order chi connectivity index (χ1) is 3.27. The minimum absolute atomic E-state index is 0.750. The maximum absolute atomic E-state index is 9.43. The first-order valence-corrected chi connectivity index (χ1v) is 1.97. The average molecular weight is 104 g/mol. The molecule has 7 heavy (non-hydrogen) atoms. The summed E-state index contributed by atoms with van der Waals surface area (Å²) in [4.78, 5) is 10.9. The Labute approximate surface area is 44.1 Å². The van der Waals surface area contributed by atoms with Crippen molar-refractivity contribution < 1.29 is 4.79 Å². The number of hydrogen-bond acceptors (Lipinski definition) is 2. The van der Waals surface area contributed by atoms with E-state index in [2.05, 4.69) is 5.73 Å². The van der Waals surface area contributed by atoms with Gasteiger partial charge in [-0.05, 0) is 7.05 Å². The number of rotatable bonds is 1. The number of nitrogens with two attached hydrogens (primary N) is 1. The first-order valence-electron chi connectivity index (χ1n) is 1.97. The maximum Gasteiger partial charge on any atom is 0.209 e. The zero-order valence-electron chi connectivity index (χ0n) is 5.01. The predicted octanol–water partition coefficient (Wildman–Crippen LogP) is -0.721. The van der Waals surface area contributed by atoms with Gasteiger partial charge in [0.1, 0.15) is 0 Å². The topological polar surface area (TPSA) is 46.3 Å². The Morgan fingerprint density at radius 2 is 1.57 bits per heavy atom. The van der Waals surface area contributed by atoms with E-state index >= 15 is 0 Å². The van der Waals surface area contributed by atoms with E-state index in [1.165, 1.54) is 11.9 Å². The number of nitrogens with zero attached hydrogens (tertiary/aromatic N) is 1. The molecule has 0 aliphatic heterocycles. The Kier molecular flexibility index (Phi) is 12.5. The van der Waals surface area contributed by atoms with E-state index in [0.29, 0.717) is 0 Å². The summed E-state index contributed by atoms with van der Waals surface area (Å²) in [7, 11) is 4.88. The molecule has 3 nitrogen and oxygen atoms in total. The van der Waals surface area contributed by atoms with Crippen LogP contribution in [0.4, 0.5) is 0 Å². The van der Waals surface area contributed by atoms with Crippen LogP contribution >= 0.6 is 0 Å². The van der Waals surface area contributed by atoms with Gasteiger partial charge in [-0.3, -0.25) is 4.79 Å². The fourth-order valence-electron chi connectivity index (χ4n) is 0. The van der Waals surface area contributed by atoms with Crippen LogP contribution < -0.4 is 5.73 Å². The molecule has 0 radical (unpaired) electrons. The minimum Gasteiger partial charge on any atom is -0.351 e. The molecular weight excluding hydrogens is 92.1 g/mol. The molecule has 2 N–H and O–H groups in total. The highest BCUT2D eigenvalue weighted by Gasteiger charge is 1.68. The van der Waals surface area contributed by atoms with Crippen LogP contribution in [0.25, 0.3) is 0 Å². The molecule has 0 aromatic carbocycles. The van der Waals surface area contributed by atoms with Crippen molar-refractivity contribution in [2.24, 2.45) is 5.73 Å². The minimum atomic E-state index is 0.750. The van der Waals surface area contributed by atoms with E-state index in [9.17, 15) is 4.79 Å². The highest BCUT2D eigenvalue weighted by molar-refractivity contribution is 5.45. The van der Waals surface area contributed by atoms with E-state index < -0.39 is 0 Å². The van der Waals surface area contributed by atoms with Gasteiger partial charge in [-0.15, -0.1) is 0 Å². The van der Waals surface area contributed by atoms with Crippen molar-refractivity contribution >= 4 is 6.41 Å². The Bertz CT molecular complexity index is 36.7. The van der Waals surface area contributed by atoms with Crippen molar-refractivity contribution in [2.75, 3.05) is 21.1 Å². The van der Waals surface area contributed by atoms with Crippen LogP contribution in [0.2, 0.25) is 0 Å². The molecule has 0 fully saturated rings. The standard InChI is InChI=1S/C3H7NO.CH5N/c1-4(2)3-5;1-2/h3H,1-2H3;2H2,1H3. The van der Waals surface area contributed by atoms with E-state index in [4.69, 9.17) is 0 Å². The fourth-order valence-corrected chi connectivity index (χ4v) is 0. The molecule has 1 amide bonds. The molecule has 0 spiro atoms. The SMILES string of the molecule is CN.CN(C)C=O. The van der Waals surface area contributed by atoms with E-state index in [1.807, 2.05) is 0 Å². The van der Waals surface area contributed by atoms with Crippen LogP contribution in [-0.4, -0.2) is 32.5 Å². The molecule has 0 saturated carbocycles. The second-order valence-electron chi connectivity index (χ2n) is 1.07. The first kappa shape index (κ1) is 9.66. The van der Waals surface area contributed by atoms with E-state index in [0.717, 1.165) is 6.41 Å². The van der Waals surface area contributed by atoms with Crippen molar-refractivity contribution in [1.29, 1.82) is 0 Å². The molecule has 0 aromatic heterocycles. The Balaban J connectivity index is 0. The van der Waals surface area contributed by atoms with Gasteiger partial charge in [0.15, 0.2) is 0 Å². The van der Waals surface area contributed by atoms with Gasteiger partial charge in [0.2, 0.25) is 6.41 Å². The summed E-state index contributed by atoms with van der Waals surface area (Å²) in [5.74, 6) is 0. The zero-order valence-corrected chi connectivity index (χ0v) is 5.01. The molecule has 0 rings (SSSR count). The lowest BCUT2D eigenvalue weighted by molar-refractivity contribution is -0.115. The predicted molar refractivity (Wildman–Crippen MR) is 29.9 cm³/mol. The van der Waals surface area contributed by atoms with Crippen molar-refractivity contribution in [1.82, 2.24) is 4.90 Å². The van der Waals surface area contributed by atoms with Gasteiger partial charge >= 0.3 is 0 Å². The van der Waals surface area contributed by atoms with Gasteiger partial charge < -0.3 is 10.6 Å². The molecule has 0 saturated heterocycles. The van der Waals surface area contributed by atoms with Crippen LogP contribution in [0.5, 0.6) is 0 Å². The molecule has 0 bridgehead atoms. The largest absolute Gasteiger partial charge is 0.351 e. The number of hydrogen-bond donors (Lipinski definition) is 1. The number of carbonyl (C=O) groups is 1. The van der Waals surface area contributed by atoms with E-state index in [1.54, 1.807) is 14.1 Å². The molecule has 3 heteroatoms. The molecule has 0 heterocycles. The lowest BCUT2D eigenvalue weighted by Crippen LogP contribution is -2.06. The Hall–Kier alpha value is -0.570. The van der Waals surface area contributed by atoms with Crippen molar-refractivity contribution in [3.05, 3.63) is 0 Å². The summed E-state index contributed by atoms with van der Waals surface area (Å²) < 4.78 is 0. The number of amides is 1. The molecule has 0 aromatic rings. The van der Waals surface area contributed by atoms with Gasteiger partial charge in [0.25, 0.3) is 0 Å². The Morgan fingerprint density at radius 1 is 1.43 bits per heavy atom. The molecule has 0 unspecified atom stereocenters. The summed E-state index contributed by atoms with van der Waals surface area (Å²) in [5.41, 5.74) is 4.50. The summed E-state index contributed by atoms with van der Waals surface area (Å²) >= 11 is 0. The second kappa shape index (κ2) is 9.06. The summed E-state index contributed by atoms with van der Waals surface area (Å²) in [6, 6.07) is 0. The number of carbonyl (C=O) groups excluding carboxylic acids is 1. The quantitative estimate of drug-likeness (QED) is 0.446. The van der Waals surface area contributed by atoms with Gasteiger partial charge in [-0.25, -0.2) is 0 Å². The monoisotopic (exact) mass is 104 g/mol. The third-order valence-electron chi connectivity index (χ3n) is 0.211. The van der Waals surface area contributed by atoms with Crippen molar-refractivity contribution in [3.63, 3.8) is 0 Å². The van der Waals surface area contributed by atoms with Gasteiger partial charge in [0.05, 0.1) is 0 Å². The molecule has 0 aliphatic carbocycles. The van der Waals surface area contributed by atoms with Gasteiger partial charge in [0, 0.05) is 14.1 Å². The normalized spacial score (nSPS) is 5.71. The fraction of sp³-hybridized carbons (Fsp3) is 0.750. The zero-order chi connectivity index (χ0) is 6.28. The van der Waals surface area contributed by atoms with Crippen LogP contribution in [0.3, 0.4) is 0 Å². The van der Waals surface area contributed by atoms with Crippen molar-refractivity contribution in [3.8, 4) is 0 Å². The highest BCUT2D eigenvalue weighted by atomic mass is 16.1. The molecule has 44 valence electrons. The van der Waals surface area contributed by atoms with Crippen LogP contribution in [-0.2, 0) is 4.79 Å². The van der Waals surface area contributed by atoms with Crippen molar-refractivity contribution in [2.45, 2.75) is 0 Å². The van der Waals surface area contributed by atoms with Gasteiger partial charge in [-0.1, -0.05) is 0 Å². The maximum atomic E-state index is 9.43. The average Bonchev–Trinajstić information content (AvgIpc) is 1.73. The van der Waals surface area contributed by atoms with Crippen LogP contribution in [0.1, 0.15) is 0 Å². The lowest BCUT2D eigenvalue weighted by atomic mass is 11.0. The van der Waals surface area contributed by atoms with Gasteiger partial charge in [-0.2, -0.15) is 0 Å². The van der Waals surface area contributed by atoms with Crippen LogP contribution in [0, 0.1) is 0 Å². The third-order valence-corrected chi connectivity index (χ3v) is 0.211. The smallest absolute Gasteiger partial charge is 0.209 e. The highest BCUT2D eigenvalue weighted by Crippen LogP contribution is 1.52. The Morgan fingerprint density at radius 3 is 1.57 bits per heavy atom. The third kappa shape index (κ3) is 31.2. The summed E-state index contributed by atoms with van der Waals surface area (Å²) in [6.45, 7) is 0.